The van der Waals surface area contributed by atoms with Gasteiger partial charge in [0.1, 0.15) is 0 Å². The van der Waals surface area contributed by atoms with Crippen LogP contribution in [0, 0.1) is 0 Å². The minimum atomic E-state index is -0.355. The van der Waals surface area contributed by atoms with Crippen LogP contribution in [0.4, 0.5) is 0 Å². The van der Waals surface area contributed by atoms with Crippen molar-refractivity contribution in [2.75, 3.05) is 6.61 Å². The molecule has 0 aliphatic heterocycles. The fourth-order valence-electron chi connectivity index (χ4n) is 1.74. The van der Waals surface area contributed by atoms with Crippen LogP contribution in [0.3, 0.4) is 0 Å². The Bertz CT molecular complexity index is 699. The Morgan fingerprint density at radius 1 is 1.18 bits per heavy atom. The maximum atomic E-state index is 11.4. The first kappa shape index (κ1) is 16.9. The predicted molar refractivity (Wildman–Crippen MR) is 92.7 cm³/mol. The fraction of sp³-hybridized carbons (Fsp3) is 0.118. The standard InChI is InChI=1S/C17H14Cl2O2S/c1-2-21-17(20)10-7-12-5-3-4-6-15(12)22-16-9-8-13(18)11-14(16)19/h3-11H,2H2,1H3. The lowest BCUT2D eigenvalue weighted by atomic mass is 10.2. The summed E-state index contributed by atoms with van der Waals surface area (Å²) in [6.07, 6.45) is 3.16. The molecule has 2 aromatic carbocycles. The third kappa shape index (κ3) is 4.80. The Kier molecular flexibility index (Phi) is 6.37. The normalized spacial score (nSPS) is 10.9. The molecule has 0 saturated carbocycles. The zero-order chi connectivity index (χ0) is 15.9. The summed E-state index contributed by atoms with van der Waals surface area (Å²) in [5, 5.41) is 1.20. The molecular weight excluding hydrogens is 339 g/mol. The van der Waals surface area contributed by atoms with Crippen molar-refractivity contribution in [2.24, 2.45) is 0 Å². The van der Waals surface area contributed by atoms with E-state index < -0.39 is 0 Å². The molecule has 5 heteroatoms. The first-order valence-corrected chi connectivity index (χ1v) is 8.24. The van der Waals surface area contributed by atoms with E-state index in [9.17, 15) is 4.79 Å². The van der Waals surface area contributed by atoms with Gasteiger partial charge in [0.2, 0.25) is 0 Å². The van der Waals surface area contributed by atoms with Crippen molar-refractivity contribution < 1.29 is 9.53 Å². The predicted octanol–water partition coefficient (Wildman–Crippen LogP) is 5.72. The highest BCUT2D eigenvalue weighted by Crippen LogP contribution is 2.36. The summed E-state index contributed by atoms with van der Waals surface area (Å²) in [6.45, 7) is 2.14. The minimum absolute atomic E-state index is 0.355. The second kappa shape index (κ2) is 8.28. The highest BCUT2D eigenvalue weighted by molar-refractivity contribution is 7.99. The maximum absolute atomic E-state index is 11.4. The van der Waals surface area contributed by atoms with Crippen LogP contribution in [-0.2, 0) is 9.53 Å². The monoisotopic (exact) mass is 352 g/mol. The lowest BCUT2D eigenvalue weighted by Crippen LogP contribution is -1.98. The van der Waals surface area contributed by atoms with E-state index in [0.717, 1.165) is 15.4 Å². The lowest BCUT2D eigenvalue weighted by Gasteiger charge is -2.07. The van der Waals surface area contributed by atoms with Gasteiger partial charge in [0, 0.05) is 20.9 Å². The molecule has 0 amide bonds. The van der Waals surface area contributed by atoms with E-state index in [-0.39, 0.29) is 5.97 Å². The summed E-state index contributed by atoms with van der Waals surface area (Å²) < 4.78 is 4.89. The largest absolute Gasteiger partial charge is 0.463 e. The van der Waals surface area contributed by atoms with E-state index >= 15 is 0 Å². The summed E-state index contributed by atoms with van der Waals surface area (Å²) in [4.78, 5) is 13.3. The van der Waals surface area contributed by atoms with Gasteiger partial charge in [-0.15, -0.1) is 0 Å². The Balaban J connectivity index is 2.23. The Morgan fingerprint density at radius 3 is 2.68 bits per heavy atom. The summed E-state index contributed by atoms with van der Waals surface area (Å²) in [5.74, 6) is -0.355. The number of hydrogen-bond acceptors (Lipinski definition) is 3. The van der Waals surface area contributed by atoms with Crippen LogP contribution in [0.2, 0.25) is 10.0 Å². The average molecular weight is 353 g/mol. The molecule has 0 aliphatic rings. The van der Waals surface area contributed by atoms with Crippen LogP contribution in [0.15, 0.2) is 58.3 Å². The zero-order valence-electron chi connectivity index (χ0n) is 11.9. The van der Waals surface area contributed by atoms with Crippen molar-refractivity contribution in [1.29, 1.82) is 0 Å². The molecule has 0 spiro atoms. The number of ether oxygens (including phenoxy) is 1. The number of esters is 1. The summed E-state index contributed by atoms with van der Waals surface area (Å²) in [5.41, 5.74) is 0.923. The molecular formula is C17H14Cl2O2S. The van der Waals surface area contributed by atoms with Gasteiger partial charge in [-0.05, 0) is 42.8 Å². The number of benzene rings is 2. The Labute approximate surface area is 144 Å². The first-order chi connectivity index (χ1) is 10.6. The van der Waals surface area contributed by atoms with Gasteiger partial charge in [-0.3, -0.25) is 0 Å². The molecule has 0 aromatic heterocycles. The highest BCUT2D eigenvalue weighted by atomic mass is 35.5. The van der Waals surface area contributed by atoms with Gasteiger partial charge in [-0.1, -0.05) is 53.2 Å². The van der Waals surface area contributed by atoms with Crippen LogP contribution >= 0.6 is 35.0 Å². The molecule has 0 atom stereocenters. The second-order valence-corrected chi connectivity index (χ2v) is 6.23. The van der Waals surface area contributed by atoms with Crippen molar-refractivity contribution >= 4 is 47.0 Å². The molecule has 22 heavy (non-hydrogen) atoms. The van der Waals surface area contributed by atoms with Gasteiger partial charge >= 0.3 is 5.97 Å². The van der Waals surface area contributed by atoms with Crippen LogP contribution in [0.5, 0.6) is 0 Å². The lowest BCUT2D eigenvalue weighted by molar-refractivity contribution is -0.137. The molecule has 0 radical (unpaired) electrons. The molecule has 0 heterocycles. The molecule has 0 aliphatic carbocycles. The van der Waals surface area contributed by atoms with Crippen LogP contribution in [0.1, 0.15) is 12.5 Å². The van der Waals surface area contributed by atoms with Crippen molar-refractivity contribution in [3.05, 3.63) is 64.1 Å². The summed E-state index contributed by atoms with van der Waals surface area (Å²) in [6, 6.07) is 13.1. The number of hydrogen-bond donors (Lipinski definition) is 0. The fourth-order valence-corrected chi connectivity index (χ4v) is 3.19. The SMILES string of the molecule is CCOC(=O)C=Cc1ccccc1Sc1ccc(Cl)cc1Cl. The van der Waals surface area contributed by atoms with Gasteiger partial charge in [-0.2, -0.15) is 0 Å². The second-order valence-electron chi connectivity index (χ2n) is 4.30. The van der Waals surface area contributed by atoms with Crippen LogP contribution in [0.25, 0.3) is 6.08 Å². The highest BCUT2D eigenvalue weighted by Gasteiger charge is 2.06. The number of carbonyl (C=O) groups excluding carboxylic acids is 1. The van der Waals surface area contributed by atoms with Crippen LogP contribution in [-0.4, -0.2) is 12.6 Å². The van der Waals surface area contributed by atoms with Gasteiger partial charge in [0.05, 0.1) is 11.6 Å². The van der Waals surface area contributed by atoms with Gasteiger partial charge in [0.25, 0.3) is 0 Å². The minimum Gasteiger partial charge on any atom is -0.463 e. The van der Waals surface area contributed by atoms with Crippen molar-refractivity contribution in [1.82, 2.24) is 0 Å². The van der Waals surface area contributed by atoms with E-state index in [0.29, 0.717) is 16.7 Å². The molecule has 2 nitrogen and oxygen atoms in total. The number of rotatable bonds is 5. The third-order valence-electron chi connectivity index (χ3n) is 2.72. The summed E-state index contributed by atoms with van der Waals surface area (Å²) in [7, 11) is 0. The van der Waals surface area contributed by atoms with E-state index in [1.165, 1.54) is 17.8 Å². The maximum Gasteiger partial charge on any atom is 0.330 e. The number of carbonyl (C=O) groups is 1. The average Bonchev–Trinajstić information content (AvgIpc) is 2.49. The molecule has 0 saturated heterocycles. The zero-order valence-corrected chi connectivity index (χ0v) is 14.2. The molecule has 114 valence electrons. The number of halogens is 2. The molecule has 2 aromatic rings. The Hall–Kier alpha value is -1.42. The molecule has 0 fully saturated rings. The van der Waals surface area contributed by atoms with E-state index in [1.807, 2.05) is 30.3 Å². The smallest absolute Gasteiger partial charge is 0.330 e. The Morgan fingerprint density at radius 2 is 1.95 bits per heavy atom. The van der Waals surface area contributed by atoms with E-state index in [2.05, 4.69) is 0 Å². The molecule has 0 unspecified atom stereocenters. The van der Waals surface area contributed by atoms with E-state index in [1.54, 1.807) is 25.1 Å². The first-order valence-electron chi connectivity index (χ1n) is 6.67. The quantitative estimate of drug-likeness (QED) is 0.508. The van der Waals surface area contributed by atoms with Crippen LogP contribution < -0.4 is 0 Å². The van der Waals surface area contributed by atoms with Gasteiger partial charge in [-0.25, -0.2) is 4.79 Å². The van der Waals surface area contributed by atoms with Gasteiger partial charge in [0.15, 0.2) is 0 Å². The summed E-state index contributed by atoms with van der Waals surface area (Å²) >= 11 is 13.6. The van der Waals surface area contributed by atoms with Crippen molar-refractivity contribution in [2.45, 2.75) is 16.7 Å². The van der Waals surface area contributed by atoms with E-state index in [4.69, 9.17) is 27.9 Å². The van der Waals surface area contributed by atoms with Gasteiger partial charge < -0.3 is 4.74 Å². The molecule has 0 bridgehead atoms. The third-order valence-corrected chi connectivity index (χ3v) is 4.55. The molecule has 0 N–H and O–H groups in total. The van der Waals surface area contributed by atoms with Crippen molar-refractivity contribution in [3.8, 4) is 0 Å². The topological polar surface area (TPSA) is 26.3 Å². The molecule has 2 rings (SSSR count). The van der Waals surface area contributed by atoms with Crippen molar-refractivity contribution in [3.63, 3.8) is 0 Å².